The maximum atomic E-state index is 13.7. The number of methoxy groups -OCH3 is 1. The molecule has 176 valence electrons. The van der Waals surface area contributed by atoms with Gasteiger partial charge in [-0.15, -0.1) is 0 Å². The van der Waals surface area contributed by atoms with Gasteiger partial charge in [-0.25, -0.2) is 4.79 Å². The van der Waals surface area contributed by atoms with Gasteiger partial charge >= 0.3 is 5.97 Å². The zero-order valence-electron chi connectivity index (χ0n) is 19.3. The highest BCUT2D eigenvalue weighted by atomic mass is 16.5. The van der Waals surface area contributed by atoms with Crippen molar-refractivity contribution in [1.29, 1.82) is 0 Å². The van der Waals surface area contributed by atoms with Crippen molar-refractivity contribution >= 4 is 23.5 Å². The van der Waals surface area contributed by atoms with Crippen LogP contribution in [-0.2, 0) is 16.1 Å². The number of carbonyl (C=O) groups excluding carboxylic acids is 3. The average molecular weight is 455 g/mol. The Labute approximate surface area is 193 Å². The fourth-order valence-electron chi connectivity index (χ4n) is 4.63. The molecule has 0 radical (unpaired) electrons. The number of hydrogen-bond donors (Lipinski definition) is 1. The standard InChI is InChI=1S/C24H30N4O5/c1-4-33-22(30)19-14-20-21(29)28(17-11-8-12-18(13-17)32-3)24(2,15-27(20)26-19)23(31)25-16-9-6-5-7-10-16/h8,11-14,16H,4-7,9-10,15H2,1-3H3,(H,25,31). The van der Waals surface area contributed by atoms with Gasteiger partial charge in [0.25, 0.3) is 5.91 Å². The van der Waals surface area contributed by atoms with E-state index in [1.165, 1.54) is 22.1 Å². The minimum absolute atomic E-state index is 0.0442. The summed E-state index contributed by atoms with van der Waals surface area (Å²) >= 11 is 0. The van der Waals surface area contributed by atoms with E-state index in [0.29, 0.717) is 11.4 Å². The first-order valence-electron chi connectivity index (χ1n) is 11.4. The number of aromatic nitrogens is 2. The first kappa shape index (κ1) is 22.8. The molecule has 0 spiro atoms. The van der Waals surface area contributed by atoms with Crippen molar-refractivity contribution < 1.29 is 23.9 Å². The van der Waals surface area contributed by atoms with Crippen LogP contribution >= 0.6 is 0 Å². The molecule has 2 amide bonds. The molecule has 9 heteroatoms. The number of nitrogens with one attached hydrogen (secondary N) is 1. The Bertz CT molecular complexity index is 1060. The maximum Gasteiger partial charge on any atom is 0.358 e. The van der Waals surface area contributed by atoms with E-state index in [2.05, 4.69) is 10.4 Å². The van der Waals surface area contributed by atoms with E-state index in [0.717, 1.165) is 25.7 Å². The number of rotatable bonds is 6. The van der Waals surface area contributed by atoms with E-state index in [9.17, 15) is 14.4 Å². The zero-order chi connectivity index (χ0) is 23.6. The fraction of sp³-hybridized carbons (Fsp3) is 0.500. The van der Waals surface area contributed by atoms with Crippen LogP contribution in [0.25, 0.3) is 0 Å². The molecule has 9 nitrogen and oxygen atoms in total. The molecule has 1 aliphatic heterocycles. The predicted octanol–water partition coefficient (Wildman–Crippen LogP) is 2.94. The van der Waals surface area contributed by atoms with Crippen LogP contribution in [0.1, 0.15) is 66.9 Å². The van der Waals surface area contributed by atoms with Gasteiger partial charge in [0.05, 0.1) is 20.3 Å². The van der Waals surface area contributed by atoms with E-state index in [1.807, 2.05) is 0 Å². The number of hydrogen-bond acceptors (Lipinski definition) is 6. The van der Waals surface area contributed by atoms with Gasteiger partial charge in [0.15, 0.2) is 5.69 Å². The lowest BCUT2D eigenvalue weighted by atomic mass is 9.91. The normalized spacial score (nSPS) is 20.8. The maximum absolute atomic E-state index is 13.7. The molecule has 1 saturated carbocycles. The van der Waals surface area contributed by atoms with Crippen molar-refractivity contribution in [2.75, 3.05) is 18.6 Å². The van der Waals surface area contributed by atoms with Crippen LogP contribution in [0.4, 0.5) is 5.69 Å². The Balaban J connectivity index is 1.75. The Morgan fingerprint density at radius 1 is 1.21 bits per heavy atom. The van der Waals surface area contributed by atoms with Gasteiger partial charge in [-0.2, -0.15) is 5.10 Å². The molecule has 1 N–H and O–H groups in total. The van der Waals surface area contributed by atoms with Crippen molar-refractivity contribution in [2.24, 2.45) is 0 Å². The first-order chi connectivity index (χ1) is 15.9. The third kappa shape index (κ3) is 4.31. The molecule has 1 atom stereocenters. The minimum atomic E-state index is -1.26. The summed E-state index contributed by atoms with van der Waals surface area (Å²) in [7, 11) is 1.55. The van der Waals surface area contributed by atoms with Crippen molar-refractivity contribution in [1.82, 2.24) is 15.1 Å². The second-order valence-electron chi connectivity index (χ2n) is 8.72. The van der Waals surface area contributed by atoms with E-state index in [4.69, 9.17) is 9.47 Å². The van der Waals surface area contributed by atoms with Crippen molar-refractivity contribution in [3.05, 3.63) is 41.7 Å². The van der Waals surface area contributed by atoms with E-state index < -0.39 is 17.4 Å². The van der Waals surface area contributed by atoms with Gasteiger partial charge in [0, 0.05) is 23.9 Å². The number of fused-ring (bicyclic) bond motifs is 1. The summed E-state index contributed by atoms with van der Waals surface area (Å²) in [5.41, 5.74) is -0.455. The first-order valence-corrected chi connectivity index (χ1v) is 11.4. The molecule has 4 rings (SSSR count). The van der Waals surface area contributed by atoms with Crippen LogP contribution in [-0.4, -0.2) is 52.9 Å². The van der Waals surface area contributed by atoms with Crippen LogP contribution in [0.5, 0.6) is 5.75 Å². The third-order valence-corrected chi connectivity index (χ3v) is 6.38. The number of amides is 2. The third-order valence-electron chi connectivity index (χ3n) is 6.38. The molecular weight excluding hydrogens is 424 g/mol. The summed E-state index contributed by atoms with van der Waals surface area (Å²) in [6, 6.07) is 8.55. The van der Waals surface area contributed by atoms with E-state index >= 15 is 0 Å². The van der Waals surface area contributed by atoms with Gasteiger partial charge in [0.1, 0.15) is 17.0 Å². The van der Waals surface area contributed by atoms with Gasteiger partial charge < -0.3 is 14.8 Å². The van der Waals surface area contributed by atoms with Crippen molar-refractivity contribution in [2.45, 2.75) is 64.1 Å². The summed E-state index contributed by atoms with van der Waals surface area (Å²) in [6.07, 6.45) is 5.17. The smallest absolute Gasteiger partial charge is 0.358 e. The molecule has 0 saturated heterocycles. The number of esters is 1. The van der Waals surface area contributed by atoms with Crippen molar-refractivity contribution in [3.8, 4) is 5.75 Å². The quantitative estimate of drug-likeness (QED) is 0.674. The SMILES string of the molecule is CCOC(=O)c1cc2n(n1)CC(C)(C(=O)NC1CCCCC1)N(c1cccc(OC)c1)C2=O. The molecule has 33 heavy (non-hydrogen) atoms. The molecular formula is C24H30N4O5. The van der Waals surface area contributed by atoms with Gasteiger partial charge in [-0.1, -0.05) is 25.3 Å². The molecule has 0 bridgehead atoms. The highest BCUT2D eigenvalue weighted by Gasteiger charge is 2.49. The molecule has 2 aliphatic rings. The second kappa shape index (κ2) is 9.25. The summed E-state index contributed by atoms with van der Waals surface area (Å²) in [4.78, 5) is 41.1. The molecule has 1 fully saturated rings. The Hall–Kier alpha value is -3.36. The number of carbonyl (C=O) groups is 3. The molecule has 1 aromatic carbocycles. The molecule has 1 unspecified atom stereocenters. The lowest BCUT2D eigenvalue weighted by molar-refractivity contribution is -0.127. The van der Waals surface area contributed by atoms with Gasteiger partial charge in [-0.3, -0.25) is 19.2 Å². The lowest BCUT2D eigenvalue weighted by Gasteiger charge is -2.44. The number of benzene rings is 1. The highest BCUT2D eigenvalue weighted by molar-refractivity contribution is 6.12. The Morgan fingerprint density at radius 2 is 1.97 bits per heavy atom. The number of anilines is 1. The summed E-state index contributed by atoms with van der Waals surface area (Å²) < 4.78 is 11.8. The van der Waals surface area contributed by atoms with Crippen LogP contribution in [0.2, 0.25) is 0 Å². The number of ether oxygens (including phenoxy) is 2. The summed E-state index contributed by atoms with van der Waals surface area (Å²) in [5.74, 6) is -0.696. The monoisotopic (exact) mass is 454 g/mol. The molecule has 1 aliphatic carbocycles. The van der Waals surface area contributed by atoms with Crippen LogP contribution in [0.15, 0.2) is 30.3 Å². The summed E-state index contributed by atoms with van der Waals surface area (Å²) in [6.45, 7) is 3.74. The van der Waals surface area contributed by atoms with Crippen molar-refractivity contribution in [3.63, 3.8) is 0 Å². The molecule has 2 aromatic rings. The van der Waals surface area contributed by atoms with Gasteiger partial charge in [-0.05, 0) is 38.8 Å². The lowest BCUT2D eigenvalue weighted by Crippen LogP contribution is -2.65. The van der Waals surface area contributed by atoms with Gasteiger partial charge in [0.2, 0.25) is 5.91 Å². The average Bonchev–Trinajstić information content (AvgIpc) is 3.24. The zero-order valence-corrected chi connectivity index (χ0v) is 19.3. The molecule has 1 aromatic heterocycles. The Kier molecular flexibility index (Phi) is 6.40. The second-order valence-corrected chi connectivity index (χ2v) is 8.72. The number of nitrogens with zero attached hydrogens (tertiary/aromatic N) is 3. The Morgan fingerprint density at radius 3 is 2.67 bits per heavy atom. The fourth-order valence-corrected chi connectivity index (χ4v) is 4.63. The largest absolute Gasteiger partial charge is 0.497 e. The highest BCUT2D eigenvalue weighted by Crippen LogP contribution is 2.35. The topological polar surface area (TPSA) is 103 Å². The van der Waals surface area contributed by atoms with Crippen LogP contribution < -0.4 is 15.0 Å². The van der Waals surface area contributed by atoms with E-state index in [-0.39, 0.29) is 36.5 Å². The predicted molar refractivity (Wildman–Crippen MR) is 121 cm³/mol. The summed E-state index contributed by atoms with van der Waals surface area (Å²) in [5, 5.41) is 7.46. The van der Waals surface area contributed by atoms with Crippen LogP contribution in [0, 0.1) is 0 Å². The van der Waals surface area contributed by atoms with Crippen LogP contribution in [0.3, 0.4) is 0 Å². The van der Waals surface area contributed by atoms with E-state index in [1.54, 1.807) is 45.2 Å². The minimum Gasteiger partial charge on any atom is -0.497 e. The molecule has 2 heterocycles.